The molecule has 0 radical (unpaired) electrons. The molecule has 0 saturated carbocycles. The van der Waals surface area contributed by atoms with Gasteiger partial charge in [-0.05, 0) is 50.9 Å². The quantitative estimate of drug-likeness (QED) is 0.746. The highest BCUT2D eigenvalue weighted by Gasteiger charge is 2.32. The number of ether oxygens (including phenoxy) is 2. The standard InChI is InChI=1S/C21H27FN4O4/c1-29-20(27)25-11-7-16(8-12-25)24-9-5-14(6-10-24)19-17-4-3-15(22)13-18(17)26(23-19)21(28)30-2/h3-4,13-14,16H,5-12H2,1-2H3. The van der Waals surface area contributed by atoms with E-state index in [1.807, 2.05) is 0 Å². The first-order valence-electron chi connectivity index (χ1n) is 10.3. The zero-order valence-electron chi connectivity index (χ0n) is 17.3. The molecule has 0 atom stereocenters. The number of aromatic nitrogens is 2. The predicted octanol–water partition coefficient (Wildman–Crippen LogP) is 3.20. The Kier molecular flexibility index (Phi) is 5.90. The Morgan fingerprint density at radius 2 is 1.67 bits per heavy atom. The summed E-state index contributed by atoms with van der Waals surface area (Å²) in [4.78, 5) is 28.0. The first-order chi connectivity index (χ1) is 14.5. The number of fused-ring (bicyclic) bond motifs is 1. The second-order valence-electron chi connectivity index (χ2n) is 7.93. The topological polar surface area (TPSA) is 76.9 Å². The van der Waals surface area contributed by atoms with Gasteiger partial charge in [-0.3, -0.25) is 0 Å². The molecule has 0 N–H and O–H groups in total. The molecule has 2 fully saturated rings. The summed E-state index contributed by atoms with van der Waals surface area (Å²) in [6, 6.07) is 4.89. The highest BCUT2D eigenvalue weighted by atomic mass is 19.1. The second kappa shape index (κ2) is 8.59. The molecule has 0 bridgehead atoms. The summed E-state index contributed by atoms with van der Waals surface area (Å²) < 4.78 is 24.5. The molecule has 2 aliphatic heterocycles. The van der Waals surface area contributed by atoms with Gasteiger partial charge in [0.25, 0.3) is 0 Å². The number of amides is 1. The van der Waals surface area contributed by atoms with Gasteiger partial charge in [-0.15, -0.1) is 0 Å². The van der Waals surface area contributed by atoms with Crippen molar-refractivity contribution in [3.63, 3.8) is 0 Å². The van der Waals surface area contributed by atoms with Crippen LogP contribution in [0, 0.1) is 5.82 Å². The molecule has 1 amide bonds. The number of rotatable bonds is 2. The average molecular weight is 418 g/mol. The molecule has 0 aliphatic carbocycles. The third-order valence-corrected chi connectivity index (χ3v) is 6.35. The molecule has 8 nitrogen and oxygen atoms in total. The molecule has 162 valence electrons. The van der Waals surface area contributed by atoms with Crippen molar-refractivity contribution in [1.82, 2.24) is 19.6 Å². The van der Waals surface area contributed by atoms with E-state index in [4.69, 9.17) is 9.47 Å². The van der Waals surface area contributed by atoms with Crippen LogP contribution in [0.4, 0.5) is 14.0 Å². The van der Waals surface area contributed by atoms with E-state index in [2.05, 4.69) is 10.00 Å². The first-order valence-corrected chi connectivity index (χ1v) is 10.3. The number of methoxy groups -OCH3 is 2. The Morgan fingerprint density at radius 1 is 1.00 bits per heavy atom. The number of hydrogen-bond donors (Lipinski definition) is 0. The summed E-state index contributed by atoms with van der Waals surface area (Å²) in [5.74, 6) is -0.206. The van der Waals surface area contributed by atoms with Crippen LogP contribution in [0.1, 0.15) is 37.3 Å². The lowest BCUT2D eigenvalue weighted by molar-refractivity contribution is 0.0732. The van der Waals surface area contributed by atoms with E-state index in [0.29, 0.717) is 11.6 Å². The van der Waals surface area contributed by atoms with E-state index >= 15 is 0 Å². The molecule has 2 aliphatic rings. The minimum atomic E-state index is -0.619. The van der Waals surface area contributed by atoms with E-state index < -0.39 is 11.9 Å². The van der Waals surface area contributed by atoms with E-state index in [1.54, 1.807) is 11.0 Å². The zero-order valence-corrected chi connectivity index (χ0v) is 17.3. The summed E-state index contributed by atoms with van der Waals surface area (Å²) in [5.41, 5.74) is 1.27. The van der Waals surface area contributed by atoms with Gasteiger partial charge in [0.05, 0.1) is 25.4 Å². The van der Waals surface area contributed by atoms with Crippen LogP contribution in [0.3, 0.4) is 0 Å². The molecule has 0 spiro atoms. The maximum Gasteiger partial charge on any atom is 0.434 e. The van der Waals surface area contributed by atoms with Crippen LogP contribution < -0.4 is 0 Å². The highest BCUT2D eigenvalue weighted by molar-refractivity contribution is 5.90. The lowest BCUT2D eigenvalue weighted by Crippen LogP contribution is -2.48. The Hall–Kier alpha value is -2.68. The van der Waals surface area contributed by atoms with Crippen molar-refractivity contribution in [2.24, 2.45) is 0 Å². The highest BCUT2D eigenvalue weighted by Crippen LogP contribution is 2.34. The van der Waals surface area contributed by atoms with Gasteiger partial charge in [-0.1, -0.05) is 0 Å². The Balaban J connectivity index is 1.44. The number of nitrogens with zero attached hydrogens (tertiary/aromatic N) is 4. The van der Waals surface area contributed by atoms with E-state index in [9.17, 15) is 14.0 Å². The molecule has 2 saturated heterocycles. The van der Waals surface area contributed by atoms with Gasteiger partial charge in [0.1, 0.15) is 5.82 Å². The van der Waals surface area contributed by atoms with Crippen molar-refractivity contribution in [3.8, 4) is 0 Å². The van der Waals surface area contributed by atoms with Crippen molar-refractivity contribution in [2.45, 2.75) is 37.6 Å². The number of likely N-dealkylation sites (tertiary alicyclic amines) is 2. The molecule has 2 aromatic rings. The molecule has 1 aromatic carbocycles. The van der Waals surface area contributed by atoms with Crippen LogP contribution in [0.15, 0.2) is 18.2 Å². The summed E-state index contributed by atoms with van der Waals surface area (Å²) in [5, 5.41) is 5.30. The number of piperidine rings is 2. The lowest BCUT2D eigenvalue weighted by Gasteiger charge is -2.41. The summed E-state index contributed by atoms with van der Waals surface area (Å²) in [6.07, 6.45) is 2.85. The van der Waals surface area contributed by atoms with Crippen LogP contribution in [-0.4, -0.2) is 78.2 Å². The van der Waals surface area contributed by atoms with Crippen LogP contribution >= 0.6 is 0 Å². The van der Waals surface area contributed by atoms with Crippen LogP contribution in [0.5, 0.6) is 0 Å². The second-order valence-corrected chi connectivity index (χ2v) is 7.93. The maximum atomic E-state index is 13.8. The van der Waals surface area contributed by atoms with Crippen molar-refractivity contribution in [1.29, 1.82) is 0 Å². The zero-order chi connectivity index (χ0) is 21.3. The summed E-state index contributed by atoms with van der Waals surface area (Å²) in [6.45, 7) is 3.30. The fourth-order valence-electron chi connectivity index (χ4n) is 4.72. The number of carbonyl (C=O) groups excluding carboxylic acids is 2. The number of halogens is 1. The smallest absolute Gasteiger partial charge is 0.434 e. The molecule has 1 aromatic heterocycles. The van der Waals surface area contributed by atoms with E-state index in [0.717, 1.165) is 67.6 Å². The third-order valence-electron chi connectivity index (χ3n) is 6.35. The normalized spacial score (nSPS) is 19.2. The lowest BCUT2D eigenvalue weighted by atomic mass is 9.90. The van der Waals surface area contributed by atoms with Crippen molar-refractivity contribution in [2.75, 3.05) is 40.4 Å². The molecular formula is C21H27FN4O4. The Morgan fingerprint density at radius 3 is 2.30 bits per heavy atom. The largest absolute Gasteiger partial charge is 0.453 e. The van der Waals surface area contributed by atoms with Gasteiger partial charge in [-0.2, -0.15) is 9.78 Å². The average Bonchev–Trinajstić information content (AvgIpc) is 3.17. The van der Waals surface area contributed by atoms with E-state index in [-0.39, 0.29) is 12.0 Å². The maximum absolute atomic E-state index is 13.8. The fraction of sp³-hybridized carbons (Fsp3) is 0.571. The van der Waals surface area contributed by atoms with Gasteiger partial charge >= 0.3 is 12.2 Å². The molecule has 0 unspecified atom stereocenters. The molecule has 30 heavy (non-hydrogen) atoms. The first kappa shape index (κ1) is 20.6. The van der Waals surface area contributed by atoms with E-state index in [1.165, 1.54) is 26.4 Å². The molecule has 4 rings (SSSR count). The number of carbonyl (C=O) groups is 2. The van der Waals surface area contributed by atoms with Gasteiger partial charge in [-0.25, -0.2) is 14.0 Å². The van der Waals surface area contributed by atoms with Gasteiger partial charge < -0.3 is 19.3 Å². The van der Waals surface area contributed by atoms with Crippen molar-refractivity contribution in [3.05, 3.63) is 29.7 Å². The predicted molar refractivity (Wildman–Crippen MR) is 108 cm³/mol. The van der Waals surface area contributed by atoms with Crippen LogP contribution in [0.25, 0.3) is 10.9 Å². The van der Waals surface area contributed by atoms with Crippen LogP contribution in [-0.2, 0) is 9.47 Å². The van der Waals surface area contributed by atoms with Crippen molar-refractivity contribution < 1.29 is 23.5 Å². The number of hydrogen-bond acceptors (Lipinski definition) is 6. The fourth-order valence-corrected chi connectivity index (χ4v) is 4.72. The monoisotopic (exact) mass is 418 g/mol. The van der Waals surface area contributed by atoms with Crippen LogP contribution in [0.2, 0.25) is 0 Å². The third kappa shape index (κ3) is 3.86. The Labute approximate surface area is 174 Å². The van der Waals surface area contributed by atoms with Gasteiger partial charge in [0.15, 0.2) is 0 Å². The molecule has 3 heterocycles. The number of benzene rings is 1. The minimum absolute atomic E-state index is 0.204. The molecular weight excluding hydrogens is 391 g/mol. The minimum Gasteiger partial charge on any atom is -0.453 e. The van der Waals surface area contributed by atoms with Gasteiger partial charge in [0, 0.05) is 36.5 Å². The molecule has 9 heteroatoms. The van der Waals surface area contributed by atoms with Gasteiger partial charge in [0.2, 0.25) is 0 Å². The summed E-state index contributed by atoms with van der Waals surface area (Å²) >= 11 is 0. The van der Waals surface area contributed by atoms with Crippen molar-refractivity contribution >= 4 is 23.1 Å². The SMILES string of the molecule is COC(=O)N1CCC(N2CCC(c3nn(C(=O)OC)c4cc(F)ccc34)CC2)CC1. The summed E-state index contributed by atoms with van der Waals surface area (Å²) in [7, 11) is 2.71. The Bertz CT molecular complexity index is 930.